The number of piperidine rings is 1. The van der Waals surface area contributed by atoms with E-state index >= 15 is 0 Å². The molecular formula is C24H41IN4O2. The van der Waals surface area contributed by atoms with E-state index in [2.05, 4.69) is 52.6 Å². The molecule has 2 atom stereocenters. The lowest BCUT2D eigenvalue weighted by atomic mass is 10.0. The van der Waals surface area contributed by atoms with Crippen LogP contribution in [0.2, 0.25) is 0 Å². The first-order valence-corrected chi connectivity index (χ1v) is 11.7. The van der Waals surface area contributed by atoms with E-state index < -0.39 is 0 Å². The van der Waals surface area contributed by atoms with Gasteiger partial charge in [-0.15, -0.1) is 24.0 Å². The summed E-state index contributed by atoms with van der Waals surface area (Å²) in [6, 6.07) is 7.14. The molecule has 2 saturated heterocycles. The summed E-state index contributed by atoms with van der Waals surface area (Å²) in [4.78, 5) is 7.02. The highest BCUT2D eigenvalue weighted by Gasteiger charge is 2.19. The molecule has 2 aliphatic rings. The van der Waals surface area contributed by atoms with Crippen LogP contribution in [0.4, 0.5) is 0 Å². The number of likely N-dealkylation sites (tertiary alicyclic amines) is 1. The van der Waals surface area contributed by atoms with Gasteiger partial charge in [0.15, 0.2) is 5.96 Å². The Bertz CT molecular complexity index is 680. The minimum Gasteiger partial charge on any atom is -0.488 e. The van der Waals surface area contributed by atoms with E-state index in [0.29, 0.717) is 13.2 Å². The van der Waals surface area contributed by atoms with Crippen molar-refractivity contribution >= 4 is 29.9 Å². The molecule has 2 N–H and O–H groups in total. The average Bonchev–Trinajstić information content (AvgIpc) is 3.25. The standard InChI is InChI=1S/C24H40N4O2.HI/c1-19-9-10-21(23(16-19)30-22-11-15-29-18-22)17-27-24(25-3)26-12-5-7-14-28-13-6-4-8-20(28)2;/h9-10,16,20,22H,4-8,11-15,17-18H2,1-3H3,(H2,25,26,27);1H. The van der Waals surface area contributed by atoms with Crippen LogP contribution < -0.4 is 15.4 Å². The largest absolute Gasteiger partial charge is 0.488 e. The minimum atomic E-state index is 0. The fourth-order valence-corrected chi connectivity index (χ4v) is 4.24. The predicted molar refractivity (Wildman–Crippen MR) is 139 cm³/mol. The van der Waals surface area contributed by atoms with Crippen LogP contribution in [-0.2, 0) is 11.3 Å². The molecule has 1 aromatic rings. The van der Waals surface area contributed by atoms with Gasteiger partial charge in [0.2, 0.25) is 0 Å². The van der Waals surface area contributed by atoms with Crippen LogP contribution >= 0.6 is 24.0 Å². The van der Waals surface area contributed by atoms with Crippen molar-refractivity contribution < 1.29 is 9.47 Å². The molecule has 2 aliphatic heterocycles. The van der Waals surface area contributed by atoms with Gasteiger partial charge in [0, 0.05) is 38.2 Å². The SMILES string of the molecule is CN=C(NCCCCN1CCCCC1C)NCc1ccc(C)cc1OC1CCOC1.I. The third-order valence-corrected chi connectivity index (χ3v) is 6.18. The second-order valence-electron chi connectivity index (χ2n) is 8.66. The van der Waals surface area contributed by atoms with Crippen molar-refractivity contribution in [3.8, 4) is 5.75 Å². The Morgan fingerprint density at radius 2 is 2.10 bits per heavy atom. The van der Waals surface area contributed by atoms with Crippen molar-refractivity contribution in [3.63, 3.8) is 0 Å². The zero-order valence-corrected chi connectivity index (χ0v) is 21.8. The molecule has 0 aromatic heterocycles. The molecule has 0 radical (unpaired) electrons. The lowest BCUT2D eigenvalue weighted by Gasteiger charge is -2.33. The average molecular weight is 545 g/mol. The number of aryl methyl sites for hydroxylation is 1. The smallest absolute Gasteiger partial charge is 0.191 e. The summed E-state index contributed by atoms with van der Waals surface area (Å²) in [6.07, 6.45) is 7.61. The van der Waals surface area contributed by atoms with Crippen LogP contribution in [0.3, 0.4) is 0 Å². The molecular weight excluding hydrogens is 503 g/mol. The normalized spacial score (nSPS) is 22.1. The quantitative estimate of drug-likeness (QED) is 0.212. The number of ether oxygens (including phenoxy) is 2. The van der Waals surface area contributed by atoms with Gasteiger partial charge in [-0.05, 0) is 64.3 Å². The number of nitrogens with zero attached hydrogens (tertiary/aromatic N) is 2. The number of hydrogen-bond donors (Lipinski definition) is 2. The third-order valence-electron chi connectivity index (χ3n) is 6.18. The van der Waals surface area contributed by atoms with Crippen LogP contribution in [-0.4, -0.2) is 62.9 Å². The van der Waals surface area contributed by atoms with Crippen LogP contribution in [0.1, 0.15) is 56.6 Å². The highest BCUT2D eigenvalue weighted by Crippen LogP contribution is 2.23. The van der Waals surface area contributed by atoms with Gasteiger partial charge in [-0.25, -0.2) is 0 Å². The van der Waals surface area contributed by atoms with Gasteiger partial charge in [0.1, 0.15) is 11.9 Å². The monoisotopic (exact) mass is 544 g/mol. The number of hydrogen-bond acceptors (Lipinski definition) is 4. The molecule has 0 bridgehead atoms. The van der Waals surface area contributed by atoms with Crippen LogP contribution in [0.5, 0.6) is 5.75 Å². The Morgan fingerprint density at radius 3 is 2.84 bits per heavy atom. The topological polar surface area (TPSA) is 58.1 Å². The van der Waals surface area contributed by atoms with Crippen LogP contribution in [0.25, 0.3) is 0 Å². The number of halogens is 1. The van der Waals surface area contributed by atoms with E-state index in [1.165, 1.54) is 44.3 Å². The molecule has 7 heteroatoms. The predicted octanol–water partition coefficient (Wildman–Crippen LogP) is 4.10. The molecule has 3 rings (SSSR count). The summed E-state index contributed by atoms with van der Waals surface area (Å²) in [5.41, 5.74) is 2.35. The molecule has 176 valence electrons. The number of aliphatic imine (C=N–C) groups is 1. The summed E-state index contributed by atoms with van der Waals surface area (Å²) in [5, 5.41) is 6.89. The van der Waals surface area contributed by atoms with Gasteiger partial charge in [-0.3, -0.25) is 4.99 Å². The third kappa shape index (κ3) is 8.77. The zero-order valence-electron chi connectivity index (χ0n) is 19.5. The maximum atomic E-state index is 6.20. The number of unbranched alkanes of at least 4 members (excludes halogenated alkanes) is 1. The van der Waals surface area contributed by atoms with E-state index in [9.17, 15) is 0 Å². The molecule has 0 saturated carbocycles. The summed E-state index contributed by atoms with van der Waals surface area (Å²) in [5.74, 6) is 1.79. The van der Waals surface area contributed by atoms with E-state index in [1.54, 1.807) is 0 Å². The Balaban J connectivity index is 0.00000341. The molecule has 6 nitrogen and oxygen atoms in total. The number of rotatable bonds is 9. The second-order valence-corrected chi connectivity index (χ2v) is 8.66. The van der Waals surface area contributed by atoms with Crippen molar-refractivity contribution in [2.75, 3.05) is 39.9 Å². The van der Waals surface area contributed by atoms with E-state index in [-0.39, 0.29) is 30.1 Å². The molecule has 0 aliphatic carbocycles. The molecule has 31 heavy (non-hydrogen) atoms. The van der Waals surface area contributed by atoms with E-state index in [1.807, 2.05) is 7.05 Å². The summed E-state index contributed by atoms with van der Waals surface area (Å²) >= 11 is 0. The van der Waals surface area contributed by atoms with E-state index in [4.69, 9.17) is 9.47 Å². The Morgan fingerprint density at radius 1 is 1.23 bits per heavy atom. The molecule has 2 unspecified atom stereocenters. The van der Waals surface area contributed by atoms with Crippen molar-refractivity contribution in [3.05, 3.63) is 29.3 Å². The molecule has 1 aromatic carbocycles. The molecule has 0 amide bonds. The Hall–Kier alpha value is -1.06. The fraction of sp³-hybridized carbons (Fsp3) is 0.708. The molecule has 2 fully saturated rings. The minimum absolute atomic E-state index is 0. The number of nitrogens with one attached hydrogen (secondary N) is 2. The van der Waals surface area contributed by atoms with Gasteiger partial charge >= 0.3 is 0 Å². The highest BCUT2D eigenvalue weighted by molar-refractivity contribution is 14.0. The lowest BCUT2D eigenvalue weighted by molar-refractivity contribution is 0.140. The van der Waals surface area contributed by atoms with Crippen LogP contribution in [0, 0.1) is 6.92 Å². The fourth-order valence-electron chi connectivity index (χ4n) is 4.24. The maximum Gasteiger partial charge on any atom is 0.191 e. The second kappa shape index (κ2) is 14.2. The van der Waals surface area contributed by atoms with Gasteiger partial charge in [0.25, 0.3) is 0 Å². The maximum absolute atomic E-state index is 6.20. The van der Waals surface area contributed by atoms with Gasteiger partial charge in [-0.1, -0.05) is 18.6 Å². The first-order valence-electron chi connectivity index (χ1n) is 11.7. The van der Waals surface area contributed by atoms with Crippen LogP contribution in [0.15, 0.2) is 23.2 Å². The summed E-state index contributed by atoms with van der Waals surface area (Å²) in [7, 11) is 1.83. The Labute approximate surface area is 205 Å². The molecule has 2 heterocycles. The lowest BCUT2D eigenvalue weighted by Crippen LogP contribution is -2.39. The summed E-state index contributed by atoms with van der Waals surface area (Å²) in [6.45, 7) is 10.0. The first-order chi connectivity index (χ1) is 14.7. The van der Waals surface area contributed by atoms with Gasteiger partial charge in [0.05, 0.1) is 13.2 Å². The van der Waals surface area contributed by atoms with Crippen molar-refractivity contribution in [1.29, 1.82) is 0 Å². The molecule has 0 spiro atoms. The zero-order chi connectivity index (χ0) is 21.2. The summed E-state index contributed by atoms with van der Waals surface area (Å²) < 4.78 is 11.7. The number of benzene rings is 1. The van der Waals surface area contributed by atoms with Crippen molar-refractivity contribution in [2.24, 2.45) is 4.99 Å². The Kier molecular flexibility index (Phi) is 12.0. The highest BCUT2D eigenvalue weighted by atomic mass is 127. The van der Waals surface area contributed by atoms with Gasteiger partial charge < -0.3 is 25.0 Å². The van der Waals surface area contributed by atoms with E-state index in [0.717, 1.165) is 49.3 Å². The first kappa shape index (κ1) is 26.2. The number of guanidine groups is 1. The van der Waals surface area contributed by atoms with Crippen molar-refractivity contribution in [1.82, 2.24) is 15.5 Å². The van der Waals surface area contributed by atoms with Gasteiger partial charge in [-0.2, -0.15) is 0 Å². The van der Waals surface area contributed by atoms with Crippen molar-refractivity contribution in [2.45, 2.75) is 71.1 Å².